The molecule has 2 aliphatic carbocycles. The van der Waals surface area contributed by atoms with E-state index in [1.54, 1.807) is 30.3 Å². The molecule has 0 saturated carbocycles. The average molecular weight is 738 g/mol. The van der Waals surface area contributed by atoms with E-state index >= 15 is 0 Å². The fraction of sp³-hybridized carbons (Fsp3) is 0.158. The first-order chi connectivity index (χ1) is 22.2. The van der Waals surface area contributed by atoms with Crippen molar-refractivity contribution in [1.82, 2.24) is 0 Å². The lowest BCUT2D eigenvalue weighted by atomic mass is 9.98. The maximum Gasteiger partial charge on any atom is 0.256 e. The summed E-state index contributed by atoms with van der Waals surface area (Å²) in [6.45, 7) is 0. The van der Waals surface area contributed by atoms with Crippen LogP contribution in [-0.2, 0) is 27.3 Å². The number of halogens is 4. The molecule has 4 aromatic rings. The van der Waals surface area contributed by atoms with Crippen molar-refractivity contribution < 1.29 is 19.2 Å². The van der Waals surface area contributed by atoms with Gasteiger partial charge in [0.05, 0.1) is 42.6 Å². The molecule has 0 fully saturated rings. The van der Waals surface area contributed by atoms with Crippen LogP contribution in [0.5, 0.6) is 0 Å². The first kappa shape index (κ1) is 37.4. The molecule has 0 radical (unpaired) electrons. The fourth-order valence-electron chi connectivity index (χ4n) is 6.20. The molecule has 252 valence electrons. The summed E-state index contributed by atoms with van der Waals surface area (Å²) in [5, 5.41) is 11.3. The molecule has 4 aliphatic rings. The van der Waals surface area contributed by atoms with E-state index in [9.17, 15) is 14.4 Å². The number of hydrogen-bond donors (Lipinski definition) is 2. The molecule has 4 aromatic carbocycles. The lowest BCUT2D eigenvalue weighted by Crippen LogP contribution is -2.10. The van der Waals surface area contributed by atoms with Gasteiger partial charge in [0.1, 0.15) is 12.8 Å². The molecule has 2 heterocycles. The van der Waals surface area contributed by atoms with Gasteiger partial charge in [-0.1, -0.05) is 122 Å². The van der Waals surface area contributed by atoms with Crippen LogP contribution in [0.1, 0.15) is 60.5 Å². The molecule has 0 aromatic heterocycles. The van der Waals surface area contributed by atoms with Gasteiger partial charge < -0.3 is 15.5 Å². The zero-order chi connectivity index (χ0) is 32.3. The number of benzene rings is 4. The van der Waals surface area contributed by atoms with Gasteiger partial charge >= 0.3 is 0 Å². The van der Waals surface area contributed by atoms with Gasteiger partial charge in [-0.3, -0.25) is 14.4 Å². The number of rotatable bonds is 1. The van der Waals surface area contributed by atoms with Crippen LogP contribution in [0.4, 0.5) is 11.4 Å². The Kier molecular flexibility index (Phi) is 11.2. The van der Waals surface area contributed by atoms with Crippen molar-refractivity contribution in [3.05, 3.63) is 137 Å². The molecular weight excluding hydrogens is 704 g/mol. The summed E-state index contributed by atoms with van der Waals surface area (Å²) in [6.07, 6.45) is 1.07. The summed E-state index contributed by atoms with van der Waals surface area (Å²) < 4.78 is 0. The molecule has 2 aliphatic heterocycles. The van der Waals surface area contributed by atoms with Crippen LogP contribution in [0.15, 0.2) is 89.1 Å². The standard InChI is InChI=1S/C18H12Cl2N2O2.C17H9Cl2NO2.3CH4/c1-24-22-17-10-5-3-2-4-9(10)6-12(17)16-11-7-13(19)14(20)8-15(11)21-18(16)23;18-12-6-10-14(7-13(12)19)20-17(22)15(10)11-5-8-3-1-2-4-9(8)16(11)21;;;/h2-5,7-8H,6H2,1H3,(H,21,23);1-4,6-7H,5H2,(H,20,22);3*1H4/b16-12+,22-17+;15-11+;;;. The van der Waals surface area contributed by atoms with Crippen LogP contribution in [0.25, 0.3) is 11.1 Å². The van der Waals surface area contributed by atoms with Gasteiger partial charge in [0.25, 0.3) is 11.8 Å². The molecular formula is C38H33Cl4N3O4. The van der Waals surface area contributed by atoms with E-state index in [1.165, 1.54) is 7.11 Å². The number of anilines is 2. The molecule has 0 atom stereocenters. The van der Waals surface area contributed by atoms with E-state index in [4.69, 9.17) is 51.2 Å². The molecule has 7 nitrogen and oxygen atoms in total. The number of ketones is 1. The topological polar surface area (TPSA) is 96.9 Å². The number of allylic oxidation sites excluding steroid dienone is 2. The third-order valence-corrected chi connectivity index (χ3v) is 9.67. The lowest BCUT2D eigenvalue weighted by molar-refractivity contribution is -0.111. The Labute approximate surface area is 305 Å². The normalized spacial score (nSPS) is 18.5. The number of nitrogens with one attached hydrogen (secondary N) is 2. The van der Waals surface area contributed by atoms with Gasteiger partial charge in [-0.25, -0.2) is 0 Å². The summed E-state index contributed by atoms with van der Waals surface area (Å²) in [5.41, 5.74) is 9.28. The van der Waals surface area contributed by atoms with Gasteiger partial charge in [0.15, 0.2) is 5.78 Å². The summed E-state index contributed by atoms with van der Waals surface area (Å²) in [7, 11) is 1.50. The lowest BCUT2D eigenvalue weighted by Gasteiger charge is -2.06. The van der Waals surface area contributed by atoms with Crippen molar-refractivity contribution in [3.8, 4) is 0 Å². The molecule has 0 unspecified atom stereocenters. The van der Waals surface area contributed by atoms with Gasteiger partial charge in [-0.2, -0.15) is 0 Å². The van der Waals surface area contributed by atoms with Crippen LogP contribution in [0.2, 0.25) is 20.1 Å². The van der Waals surface area contributed by atoms with Crippen molar-refractivity contribution in [2.24, 2.45) is 5.16 Å². The monoisotopic (exact) mass is 735 g/mol. The highest BCUT2D eigenvalue weighted by Gasteiger charge is 2.36. The molecule has 2 amide bonds. The highest BCUT2D eigenvalue weighted by molar-refractivity contribution is 6.45. The van der Waals surface area contributed by atoms with Crippen LogP contribution in [0, 0.1) is 0 Å². The Hall–Kier alpha value is -4.40. The van der Waals surface area contributed by atoms with Crippen molar-refractivity contribution >= 4 is 92.2 Å². The maximum atomic E-state index is 12.6. The number of fused-ring (bicyclic) bond motifs is 4. The zero-order valence-corrected chi connectivity index (χ0v) is 27.0. The SMILES string of the molecule is C.C.C.CO/N=C1/C(=C2/C(=O)Nc3cc(Cl)c(Cl)cc32)Cc2ccccc21.O=C1Nc2cc(Cl)c(Cl)cc2/C1=C1/Cc2ccccc2C1=O. The number of carbonyl (C=O) groups is 3. The highest BCUT2D eigenvalue weighted by atomic mass is 35.5. The Balaban J connectivity index is 0.000000209. The van der Waals surface area contributed by atoms with Crippen LogP contribution < -0.4 is 10.6 Å². The van der Waals surface area contributed by atoms with Crippen LogP contribution in [-0.4, -0.2) is 30.4 Å². The van der Waals surface area contributed by atoms with Crippen molar-refractivity contribution in [3.63, 3.8) is 0 Å². The number of carbonyl (C=O) groups excluding carboxylic acids is 3. The third kappa shape index (κ3) is 6.40. The first-order valence-electron chi connectivity index (χ1n) is 14.1. The van der Waals surface area contributed by atoms with Crippen molar-refractivity contribution in [1.29, 1.82) is 0 Å². The predicted molar refractivity (Wildman–Crippen MR) is 202 cm³/mol. The van der Waals surface area contributed by atoms with E-state index in [-0.39, 0.29) is 39.9 Å². The Morgan fingerprint density at radius 2 is 1.02 bits per heavy atom. The van der Waals surface area contributed by atoms with Gasteiger partial charge in [-0.15, -0.1) is 0 Å². The predicted octanol–water partition coefficient (Wildman–Crippen LogP) is 10.4. The summed E-state index contributed by atoms with van der Waals surface area (Å²) in [4.78, 5) is 42.5. The summed E-state index contributed by atoms with van der Waals surface area (Å²) in [6, 6.07) is 21.9. The quantitative estimate of drug-likeness (QED) is 0.150. The third-order valence-electron chi connectivity index (χ3n) is 8.23. The van der Waals surface area contributed by atoms with Crippen LogP contribution >= 0.6 is 46.4 Å². The minimum Gasteiger partial charge on any atom is -0.399 e. The Bertz CT molecular complexity index is 2150. The molecule has 0 saturated heterocycles. The average Bonchev–Trinajstić information content (AvgIpc) is 3.74. The number of nitrogens with zero attached hydrogens (tertiary/aromatic N) is 1. The second kappa shape index (κ2) is 14.6. The Morgan fingerprint density at radius 3 is 1.53 bits per heavy atom. The molecule has 49 heavy (non-hydrogen) atoms. The second-order valence-electron chi connectivity index (χ2n) is 10.9. The van der Waals surface area contributed by atoms with Crippen molar-refractivity contribution in [2.75, 3.05) is 17.7 Å². The smallest absolute Gasteiger partial charge is 0.256 e. The largest absolute Gasteiger partial charge is 0.399 e. The highest BCUT2D eigenvalue weighted by Crippen LogP contribution is 2.43. The minimum absolute atomic E-state index is 0. The molecule has 0 bridgehead atoms. The van der Waals surface area contributed by atoms with Gasteiger partial charge in [0.2, 0.25) is 0 Å². The zero-order valence-electron chi connectivity index (χ0n) is 23.9. The molecule has 0 spiro atoms. The number of hydrogen-bond acceptors (Lipinski definition) is 5. The number of Topliss-reactive ketones (excluding diaryl/α,β-unsaturated/α-hetero) is 1. The van der Waals surface area contributed by atoms with E-state index in [0.717, 1.165) is 27.8 Å². The minimum atomic E-state index is -0.288. The fourth-order valence-corrected chi connectivity index (χ4v) is 6.86. The Morgan fingerprint density at radius 1 is 0.592 bits per heavy atom. The van der Waals surface area contributed by atoms with E-state index in [0.29, 0.717) is 77.9 Å². The van der Waals surface area contributed by atoms with E-state index < -0.39 is 0 Å². The van der Waals surface area contributed by atoms with E-state index in [2.05, 4.69) is 15.8 Å². The summed E-state index contributed by atoms with van der Waals surface area (Å²) >= 11 is 24.2. The van der Waals surface area contributed by atoms with E-state index in [1.807, 2.05) is 42.5 Å². The van der Waals surface area contributed by atoms with Crippen molar-refractivity contribution in [2.45, 2.75) is 35.1 Å². The van der Waals surface area contributed by atoms with Crippen LogP contribution in [0.3, 0.4) is 0 Å². The molecule has 2 N–H and O–H groups in total. The van der Waals surface area contributed by atoms with Gasteiger partial charge in [-0.05, 0) is 41.0 Å². The summed E-state index contributed by atoms with van der Waals surface area (Å²) in [5.74, 6) is -0.570. The molecule has 8 rings (SSSR count). The second-order valence-corrected chi connectivity index (χ2v) is 12.5. The van der Waals surface area contributed by atoms with Gasteiger partial charge in [0, 0.05) is 40.7 Å². The number of amides is 2. The first-order valence-corrected chi connectivity index (χ1v) is 15.6. The maximum absolute atomic E-state index is 12.6. The molecule has 11 heteroatoms. The number of oxime groups is 1.